The van der Waals surface area contributed by atoms with Gasteiger partial charge in [-0.1, -0.05) is 25.1 Å². The second-order valence-electron chi connectivity index (χ2n) is 7.06. The van der Waals surface area contributed by atoms with E-state index in [0.29, 0.717) is 12.1 Å². The molecule has 6 nitrogen and oxygen atoms in total. The zero-order chi connectivity index (χ0) is 18.8. The molecule has 1 N–H and O–H groups in total. The molecular formula is C18H26N2O4S. The average Bonchev–Trinajstić information content (AvgIpc) is 2.93. The summed E-state index contributed by atoms with van der Waals surface area (Å²) in [6.45, 7) is 5.13. The fourth-order valence-corrected chi connectivity index (χ4v) is 4.79. The molecule has 0 aliphatic carbocycles. The molecule has 1 saturated heterocycles. The van der Waals surface area contributed by atoms with Gasteiger partial charge in [-0.3, -0.25) is 9.59 Å². The molecule has 1 fully saturated rings. The highest BCUT2D eigenvalue weighted by atomic mass is 32.2. The second kappa shape index (κ2) is 7.15. The Morgan fingerprint density at radius 2 is 1.92 bits per heavy atom. The number of carbonyl (C=O) groups excluding carboxylic acids is 2. The summed E-state index contributed by atoms with van der Waals surface area (Å²) in [6, 6.07) is 7.11. The van der Waals surface area contributed by atoms with Crippen molar-refractivity contribution in [1.29, 1.82) is 0 Å². The van der Waals surface area contributed by atoms with Gasteiger partial charge in [0.1, 0.15) is 5.41 Å². The number of nitrogens with zero attached hydrogens (tertiary/aromatic N) is 1. The first-order valence-electron chi connectivity index (χ1n) is 8.45. The lowest BCUT2D eigenvalue weighted by Gasteiger charge is -2.32. The largest absolute Gasteiger partial charge is 0.341 e. The van der Waals surface area contributed by atoms with Gasteiger partial charge in [0.25, 0.3) is 0 Å². The number of carbonyl (C=O) groups is 2. The summed E-state index contributed by atoms with van der Waals surface area (Å²) in [5.74, 6) is -0.718. The van der Waals surface area contributed by atoms with Crippen molar-refractivity contribution in [1.82, 2.24) is 4.90 Å². The molecule has 0 radical (unpaired) electrons. The topological polar surface area (TPSA) is 83.6 Å². The highest BCUT2D eigenvalue weighted by Gasteiger charge is 2.42. The molecule has 1 aliphatic heterocycles. The number of sulfone groups is 1. The van der Waals surface area contributed by atoms with E-state index in [1.807, 2.05) is 31.2 Å². The summed E-state index contributed by atoms with van der Waals surface area (Å²) in [7, 11) is -1.52. The smallest absolute Gasteiger partial charge is 0.239 e. The summed E-state index contributed by atoms with van der Waals surface area (Å²) in [4.78, 5) is 26.9. The van der Waals surface area contributed by atoms with Gasteiger partial charge in [0.15, 0.2) is 9.84 Å². The Bertz CT molecular complexity index is 771. The first kappa shape index (κ1) is 19.4. The standard InChI is InChI=1S/C18H26N2O4S/c1-5-13-8-6-7-9-15(13)19-16(21)18(2,3)17(22)20(4)14-10-11-25(23,24)12-14/h6-9,14H,5,10-12H2,1-4H3,(H,19,21). The third-order valence-corrected chi connectivity index (χ3v) is 6.58. The van der Waals surface area contributed by atoms with Gasteiger partial charge >= 0.3 is 0 Å². The van der Waals surface area contributed by atoms with Gasteiger partial charge in [-0.2, -0.15) is 0 Å². The minimum atomic E-state index is -3.09. The molecule has 0 saturated carbocycles. The van der Waals surface area contributed by atoms with Crippen molar-refractivity contribution in [2.75, 3.05) is 23.9 Å². The van der Waals surface area contributed by atoms with E-state index in [1.165, 1.54) is 4.90 Å². The predicted octanol–water partition coefficient (Wildman–Crippen LogP) is 1.86. The van der Waals surface area contributed by atoms with Crippen LogP contribution in [0.4, 0.5) is 5.69 Å². The van der Waals surface area contributed by atoms with Crippen molar-refractivity contribution in [2.45, 2.75) is 39.7 Å². The van der Waals surface area contributed by atoms with Crippen molar-refractivity contribution < 1.29 is 18.0 Å². The molecule has 1 aliphatic rings. The fraction of sp³-hybridized carbons (Fsp3) is 0.556. The van der Waals surface area contributed by atoms with E-state index in [0.717, 1.165) is 12.0 Å². The van der Waals surface area contributed by atoms with Crippen LogP contribution in [0.25, 0.3) is 0 Å². The van der Waals surface area contributed by atoms with Gasteiger partial charge in [0.2, 0.25) is 11.8 Å². The van der Waals surface area contributed by atoms with Crippen LogP contribution in [0.2, 0.25) is 0 Å². The van der Waals surface area contributed by atoms with Crippen LogP contribution in [0, 0.1) is 5.41 Å². The maximum Gasteiger partial charge on any atom is 0.239 e. The van der Waals surface area contributed by atoms with Gasteiger partial charge in [-0.15, -0.1) is 0 Å². The highest BCUT2D eigenvalue weighted by molar-refractivity contribution is 7.91. The SMILES string of the molecule is CCc1ccccc1NC(=O)C(C)(C)C(=O)N(C)C1CCS(=O)(=O)C1. The summed E-state index contributed by atoms with van der Waals surface area (Å²) in [6.07, 6.45) is 1.19. The van der Waals surface area contributed by atoms with Gasteiger partial charge in [0.05, 0.1) is 11.5 Å². The molecule has 1 heterocycles. The average molecular weight is 366 g/mol. The van der Waals surface area contributed by atoms with Crippen molar-refractivity contribution in [3.05, 3.63) is 29.8 Å². The molecule has 1 unspecified atom stereocenters. The summed E-state index contributed by atoms with van der Waals surface area (Å²) < 4.78 is 23.3. The normalized spacial score (nSPS) is 19.4. The lowest BCUT2D eigenvalue weighted by Crippen LogP contribution is -2.49. The van der Waals surface area contributed by atoms with E-state index < -0.39 is 21.2 Å². The molecule has 1 aromatic carbocycles. The number of aryl methyl sites for hydroxylation is 1. The van der Waals surface area contributed by atoms with Crippen molar-refractivity contribution >= 4 is 27.3 Å². The first-order valence-corrected chi connectivity index (χ1v) is 10.3. The number of hydrogen-bond donors (Lipinski definition) is 1. The van der Waals surface area contributed by atoms with Gasteiger partial charge < -0.3 is 10.2 Å². The summed E-state index contributed by atoms with van der Waals surface area (Å²) in [5.41, 5.74) is 0.401. The molecule has 0 aromatic heterocycles. The lowest BCUT2D eigenvalue weighted by molar-refractivity contribution is -0.146. The van der Waals surface area contributed by atoms with Crippen LogP contribution in [0.15, 0.2) is 24.3 Å². The molecule has 0 bridgehead atoms. The molecule has 25 heavy (non-hydrogen) atoms. The lowest BCUT2D eigenvalue weighted by atomic mass is 9.89. The van der Waals surface area contributed by atoms with Gasteiger partial charge in [0, 0.05) is 18.8 Å². The Balaban J connectivity index is 2.13. The monoisotopic (exact) mass is 366 g/mol. The van der Waals surface area contributed by atoms with E-state index in [-0.39, 0.29) is 23.5 Å². The molecule has 0 spiro atoms. The third-order valence-electron chi connectivity index (χ3n) is 4.83. The van der Waals surface area contributed by atoms with Crippen LogP contribution >= 0.6 is 0 Å². The summed E-state index contributed by atoms with van der Waals surface area (Å²) in [5, 5.41) is 2.84. The van der Waals surface area contributed by atoms with E-state index in [1.54, 1.807) is 20.9 Å². The van der Waals surface area contributed by atoms with Crippen LogP contribution in [0.5, 0.6) is 0 Å². The second-order valence-corrected chi connectivity index (χ2v) is 9.29. The van der Waals surface area contributed by atoms with Gasteiger partial charge in [-0.25, -0.2) is 8.42 Å². The molecular weight excluding hydrogens is 340 g/mol. The van der Waals surface area contributed by atoms with Crippen LogP contribution in [-0.4, -0.2) is 49.7 Å². The molecule has 1 aromatic rings. The van der Waals surface area contributed by atoms with Crippen LogP contribution < -0.4 is 5.32 Å². The fourth-order valence-electron chi connectivity index (χ4n) is 3.01. The maximum atomic E-state index is 12.8. The van der Waals surface area contributed by atoms with E-state index in [2.05, 4.69) is 5.32 Å². The number of hydrogen-bond acceptors (Lipinski definition) is 4. The highest BCUT2D eigenvalue weighted by Crippen LogP contribution is 2.26. The summed E-state index contributed by atoms with van der Waals surface area (Å²) >= 11 is 0. The van der Waals surface area contributed by atoms with Crippen LogP contribution in [-0.2, 0) is 25.8 Å². The van der Waals surface area contributed by atoms with Crippen LogP contribution in [0.3, 0.4) is 0 Å². The van der Waals surface area contributed by atoms with Crippen LogP contribution in [0.1, 0.15) is 32.8 Å². The molecule has 2 rings (SSSR count). The number of benzene rings is 1. The van der Waals surface area contributed by atoms with Crippen molar-refractivity contribution in [3.8, 4) is 0 Å². The van der Waals surface area contributed by atoms with Crippen molar-refractivity contribution in [2.24, 2.45) is 5.41 Å². The number of rotatable bonds is 5. The Morgan fingerprint density at radius 3 is 2.48 bits per heavy atom. The van der Waals surface area contributed by atoms with Crippen molar-refractivity contribution in [3.63, 3.8) is 0 Å². The Labute approximate surface area is 149 Å². The number of para-hydroxylation sites is 1. The Hall–Kier alpha value is -1.89. The minimum Gasteiger partial charge on any atom is -0.341 e. The predicted molar refractivity (Wildman–Crippen MR) is 98.1 cm³/mol. The molecule has 1 atom stereocenters. The molecule has 138 valence electrons. The zero-order valence-corrected chi connectivity index (χ0v) is 16.0. The molecule has 7 heteroatoms. The van der Waals surface area contributed by atoms with E-state index in [4.69, 9.17) is 0 Å². The first-order chi connectivity index (χ1) is 11.6. The number of amides is 2. The quantitative estimate of drug-likeness (QED) is 0.806. The van der Waals surface area contributed by atoms with E-state index >= 15 is 0 Å². The number of nitrogens with one attached hydrogen (secondary N) is 1. The molecule has 2 amide bonds. The Morgan fingerprint density at radius 1 is 1.28 bits per heavy atom. The minimum absolute atomic E-state index is 0.0361. The zero-order valence-electron chi connectivity index (χ0n) is 15.2. The Kier molecular flexibility index (Phi) is 5.56. The third kappa shape index (κ3) is 4.21. The maximum absolute atomic E-state index is 12.8. The van der Waals surface area contributed by atoms with Gasteiger partial charge in [-0.05, 0) is 38.3 Å². The van der Waals surface area contributed by atoms with E-state index in [9.17, 15) is 18.0 Å². The number of anilines is 1.